The Hall–Kier alpha value is -4.20. The number of thiocarbonyl (C=S) groups is 1. The van der Waals surface area contributed by atoms with Crippen molar-refractivity contribution in [1.29, 1.82) is 0 Å². The van der Waals surface area contributed by atoms with E-state index >= 15 is 0 Å². The number of carbonyl (C=O) groups excluding carboxylic acids is 1. The highest BCUT2D eigenvalue weighted by Gasteiger charge is 2.41. The lowest BCUT2D eigenvalue weighted by Gasteiger charge is -2.29. The molecule has 6 nitrogen and oxygen atoms in total. The monoisotopic (exact) mass is 565 g/mol. The molecule has 1 aliphatic rings. The average molecular weight is 566 g/mol. The first-order chi connectivity index (χ1) is 19.5. The summed E-state index contributed by atoms with van der Waals surface area (Å²) in [6, 6.07) is 29.6. The highest BCUT2D eigenvalue weighted by atomic mass is 35.5. The van der Waals surface area contributed by atoms with Gasteiger partial charge < -0.3 is 20.1 Å². The Morgan fingerprint density at radius 1 is 1.02 bits per heavy atom. The Bertz CT molecular complexity index is 1700. The van der Waals surface area contributed by atoms with E-state index in [1.807, 2.05) is 92.0 Å². The third-order valence-corrected chi connectivity index (χ3v) is 8.12. The van der Waals surface area contributed by atoms with Crippen LogP contribution >= 0.6 is 23.8 Å². The van der Waals surface area contributed by atoms with Crippen LogP contribution in [0.15, 0.2) is 103 Å². The van der Waals surface area contributed by atoms with Gasteiger partial charge in [0.1, 0.15) is 0 Å². The maximum absolute atomic E-state index is 13.2. The molecule has 1 amide bonds. The normalized spacial score (nSPS) is 16.8. The lowest BCUT2D eigenvalue weighted by atomic mass is 10.0. The molecule has 3 aromatic carbocycles. The van der Waals surface area contributed by atoms with Crippen molar-refractivity contribution in [3.8, 4) is 5.69 Å². The highest BCUT2D eigenvalue weighted by Crippen LogP contribution is 2.40. The number of aromatic nitrogens is 2. The molecule has 6 rings (SSSR count). The molecule has 40 heavy (non-hydrogen) atoms. The molecular weight excluding hydrogens is 538 g/mol. The van der Waals surface area contributed by atoms with Crippen molar-refractivity contribution in [2.45, 2.75) is 25.4 Å². The Morgan fingerprint density at radius 2 is 1.85 bits per heavy atom. The molecule has 3 heterocycles. The van der Waals surface area contributed by atoms with Gasteiger partial charge in [-0.05, 0) is 78.6 Å². The first-order valence-corrected chi connectivity index (χ1v) is 14.0. The zero-order chi connectivity index (χ0) is 27.6. The standard InChI is InChI=1S/C32H28ClN5OS/c1-21-20-23(14-15-25(21)33)37-18-7-13-28(37)31-30(27-11-4-5-17-34-27)36-32(40)38(31)19-16-29(39)35-26-12-6-9-22-8-2-3-10-24(22)26/h2-15,17-18,20,30-31H,16,19H2,1H3,(H,35,39)(H,36,40)/t30-,31-/m1/s1. The van der Waals surface area contributed by atoms with Crippen molar-refractivity contribution in [3.05, 3.63) is 125 Å². The molecule has 200 valence electrons. The predicted molar refractivity (Wildman–Crippen MR) is 165 cm³/mol. The Labute approximate surface area is 243 Å². The van der Waals surface area contributed by atoms with Crippen LogP contribution in [0, 0.1) is 6.92 Å². The molecule has 1 saturated heterocycles. The zero-order valence-electron chi connectivity index (χ0n) is 21.9. The number of carbonyl (C=O) groups is 1. The van der Waals surface area contributed by atoms with Crippen LogP contribution in [-0.4, -0.2) is 32.0 Å². The molecule has 0 unspecified atom stereocenters. The number of amides is 1. The van der Waals surface area contributed by atoms with E-state index in [-0.39, 0.29) is 24.4 Å². The fourth-order valence-corrected chi connectivity index (χ4v) is 5.84. The molecule has 2 aromatic heterocycles. The molecule has 1 fully saturated rings. The molecule has 0 spiro atoms. The van der Waals surface area contributed by atoms with Gasteiger partial charge >= 0.3 is 0 Å². The molecule has 8 heteroatoms. The van der Waals surface area contributed by atoms with E-state index in [9.17, 15) is 4.79 Å². The van der Waals surface area contributed by atoms with Gasteiger partial charge in [-0.2, -0.15) is 0 Å². The zero-order valence-corrected chi connectivity index (χ0v) is 23.5. The molecule has 2 atom stereocenters. The first kappa shape index (κ1) is 26.0. The number of hydrogen-bond donors (Lipinski definition) is 2. The van der Waals surface area contributed by atoms with Gasteiger partial charge in [0, 0.05) is 52.8 Å². The van der Waals surface area contributed by atoms with E-state index < -0.39 is 0 Å². The lowest BCUT2D eigenvalue weighted by Crippen LogP contribution is -2.33. The minimum atomic E-state index is -0.183. The number of hydrogen-bond acceptors (Lipinski definition) is 3. The van der Waals surface area contributed by atoms with E-state index in [4.69, 9.17) is 23.8 Å². The van der Waals surface area contributed by atoms with Crippen LogP contribution in [0.3, 0.4) is 0 Å². The number of rotatable bonds is 7. The Balaban J connectivity index is 1.30. The van der Waals surface area contributed by atoms with Crippen molar-refractivity contribution < 1.29 is 4.79 Å². The summed E-state index contributed by atoms with van der Waals surface area (Å²) in [7, 11) is 0. The predicted octanol–water partition coefficient (Wildman–Crippen LogP) is 6.99. The van der Waals surface area contributed by atoms with Crippen LogP contribution in [0.5, 0.6) is 0 Å². The van der Waals surface area contributed by atoms with Gasteiger partial charge in [0.2, 0.25) is 5.91 Å². The average Bonchev–Trinajstić information content (AvgIpc) is 3.58. The fraction of sp³-hybridized carbons (Fsp3) is 0.156. The van der Waals surface area contributed by atoms with E-state index in [1.165, 1.54) is 0 Å². The number of anilines is 1. The van der Waals surface area contributed by atoms with Crippen LogP contribution < -0.4 is 10.6 Å². The van der Waals surface area contributed by atoms with E-state index in [0.29, 0.717) is 11.7 Å². The maximum atomic E-state index is 13.2. The Morgan fingerprint density at radius 3 is 2.67 bits per heavy atom. The second-order valence-corrected chi connectivity index (χ2v) is 10.7. The number of benzene rings is 3. The summed E-state index contributed by atoms with van der Waals surface area (Å²) in [4.78, 5) is 19.9. The fourth-order valence-electron chi connectivity index (χ4n) is 5.39. The smallest absolute Gasteiger partial charge is 0.226 e. The van der Waals surface area contributed by atoms with Crippen molar-refractivity contribution in [3.63, 3.8) is 0 Å². The minimum absolute atomic E-state index is 0.0668. The second-order valence-electron chi connectivity index (χ2n) is 9.88. The molecule has 2 N–H and O–H groups in total. The number of aryl methyl sites for hydroxylation is 1. The largest absolute Gasteiger partial charge is 0.352 e. The number of fused-ring (bicyclic) bond motifs is 1. The highest BCUT2D eigenvalue weighted by molar-refractivity contribution is 7.80. The van der Waals surface area contributed by atoms with Crippen LogP contribution in [-0.2, 0) is 4.79 Å². The lowest BCUT2D eigenvalue weighted by molar-refractivity contribution is -0.116. The summed E-state index contributed by atoms with van der Waals surface area (Å²) in [5.41, 5.74) is 4.74. The van der Waals surface area contributed by atoms with Crippen molar-refractivity contribution in [2.75, 3.05) is 11.9 Å². The van der Waals surface area contributed by atoms with Crippen molar-refractivity contribution in [2.24, 2.45) is 0 Å². The summed E-state index contributed by atoms with van der Waals surface area (Å²) in [6.07, 6.45) is 4.11. The minimum Gasteiger partial charge on any atom is -0.352 e. The van der Waals surface area contributed by atoms with Crippen molar-refractivity contribution >= 4 is 51.3 Å². The second kappa shape index (κ2) is 11.1. The third-order valence-electron chi connectivity index (χ3n) is 7.34. The summed E-state index contributed by atoms with van der Waals surface area (Å²) in [5.74, 6) is -0.0668. The molecule has 1 aliphatic heterocycles. The van der Waals surface area contributed by atoms with Gasteiger partial charge in [0.15, 0.2) is 5.11 Å². The molecule has 0 radical (unpaired) electrons. The molecule has 0 bridgehead atoms. The third kappa shape index (κ3) is 5.06. The van der Waals surface area contributed by atoms with E-state index in [0.717, 1.165) is 44.1 Å². The summed E-state index contributed by atoms with van der Waals surface area (Å²) < 4.78 is 2.16. The summed E-state index contributed by atoms with van der Waals surface area (Å²) in [5, 5.41) is 10.0. The first-order valence-electron chi connectivity index (χ1n) is 13.2. The van der Waals surface area contributed by atoms with Crippen LogP contribution in [0.25, 0.3) is 16.5 Å². The molecular formula is C32H28ClN5OS. The SMILES string of the molecule is Cc1cc(-n2cccc2[C@@H]2[C@@H](c3ccccn3)NC(=S)N2CCC(=O)Nc2cccc3ccccc23)ccc1Cl. The van der Waals surface area contributed by atoms with Crippen LogP contribution in [0.4, 0.5) is 5.69 Å². The van der Waals surface area contributed by atoms with Gasteiger partial charge in [-0.3, -0.25) is 9.78 Å². The maximum Gasteiger partial charge on any atom is 0.226 e. The van der Waals surface area contributed by atoms with Gasteiger partial charge in [-0.25, -0.2) is 0 Å². The number of pyridine rings is 1. The van der Waals surface area contributed by atoms with Crippen LogP contribution in [0.2, 0.25) is 5.02 Å². The topological polar surface area (TPSA) is 62.2 Å². The van der Waals surface area contributed by atoms with Gasteiger partial charge in [-0.15, -0.1) is 0 Å². The van der Waals surface area contributed by atoms with E-state index in [2.05, 4.69) is 37.2 Å². The van der Waals surface area contributed by atoms with Crippen molar-refractivity contribution in [1.82, 2.24) is 19.8 Å². The number of halogens is 1. The summed E-state index contributed by atoms with van der Waals surface area (Å²) in [6.45, 7) is 2.44. The molecule has 5 aromatic rings. The quantitative estimate of drug-likeness (QED) is 0.208. The number of nitrogens with one attached hydrogen (secondary N) is 2. The summed E-state index contributed by atoms with van der Waals surface area (Å²) >= 11 is 12.2. The van der Waals surface area contributed by atoms with Gasteiger partial charge in [-0.1, -0.05) is 54.1 Å². The van der Waals surface area contributed by atoms with Crippen LogP contribution in [0.1, 0.15) is 35.5 Å². The molecule has 0 saturated carbocycles. The van der Waals surface area contributed by atoms with E-state index in [1.54, 1.807) is 6.20 Å². The number of nitrogens with zero attached hydrogens (tertiary/aromatic N) is 3. The van der Waals surface area contributed by atoms with Gasteiger partial charge in [0.25, 0.3) is 0 Å². The molecule has 0 aliphatic carbocycles. The van der Waals surface area contributed by atoms with Gasteiger partial charge in [0.05, 0.1) is 17.8 Å². The Kier molecular flexibility index (Phi) is 7.24.